The van der Waals surface area contributed by atoms with Crippen LogP contribution in [0.4, 0.5) is 0 Å². The van der Waals surface area contributed by atoms with Crippen molar-refractivity contribution < 1.29 is 4.74 Å². The summed E-state index contributed by atoms with van der Waals surface area (Å²) < 4.78 is 7.12. The molecule has 0 aliphatic rings. The predicted octanol–water partition coefficient (Wildman–Crippen LogP) is 1.28. The third-order valence-electron chi connectivity index (χ3n) is 2.46. The molecule has 15 heavy (non-hydrogen) atoms. The number of hydrogen-bond donors (Lipinski definition) is 1. The van der Waals surface area contributed by atoms with Crippen LogP contribution in [0.25, 0.3) is 0 Å². The van der Waals surface area contributed by atoms with Crippen molar-refractivity contribution in [1.29, 1.82) is 0 Å². The fourth-order valence-electron chi connectivity index (χ4n) is 1.74. The fourth-order valence-corrected chi connectivity index (χ4v) is 1.74. The van der Waals surface area contributed by atoms with Gasteiger partial charge in [0.15, 0.2) is 0 Å². The Hall–Kier alpha value is -1.03. The summed E-state index contributed by atoms with van der Waals surface area (Å²) in [6, 6.07) is 0. The molecular weight excluding hydrogens is 190 g/mol. The Balaban J connectivity index is 2.59. The molecular formula is C11H21N3O. The largest absolute Gasteiger partial charge is 0.481 e. The molecule has 0 saturated carbocycles. The molecule has 86 valence electrons. The quantitative estimate of drug-likeness (QED) is 0.720. The highest BCUT2D eigenvalue weighted by atomic mass is 16.5. The van der Waals surface area contributed by atoms with Crippen molar-refractivity contribution in [3.8, 4) is 5.88 Å². The molecule has 0 amide bonds. The summed E-state index contributed by atoms with van der Waals surface area (Å²) in [6.07, 6.45) is 2.14. The molecule has 0 aliphatic heterocycles. The zero-order valence-corrected chi connectivity index (χ0v) is 10.1. The van der Waals surface area contributed by atoms with Gasteiger partial charge in [0.25, 0.3) is 0 Å². The van der Waals surface area contributed by atoms with Gasteiger partial charge in [0, 0.05) is 12.6 Å². The number of aromatic nitrogens is 2. The number of nitrogens with zero attached hydrogens (tertiary/aromatic N) is 2. The second kappa shape index (κ2) is 5.75. The van der Waals surface area contributed by atoms with Crippen LogP contribution in [0, 0.1) is 6.92 Å². The highest BCUT2D eigenvalue weighted by Crippen LogP contribution is 2.20. The van der Waals surface area contributed by atoms with Crippen LogP contribution < -0.4 is 10.1 Å². The van der Waals surface area contributed by atoms with E-state index in [1.807, 2.05) is 14.0 Å². The molecule has 1 heterocycles. The van der Waals surface area contributed by atoms with Gasteiger partial charge < -0.3 is 10.1 Å². The Morgan fingerprint density at radius 2 is 2.13 bits per heavy atom. The maximum Gasteiger partial charge on any atom is 0.214 e. The van der Waals surface area contributed by atoms with E-state index in [0.717, 1.165) is 31.1 Å². The van der Waals surface area contributed by atoms with E-state index in [-0.39, 0.29) is 0 Å². The van der Waals surface area contributed by atoms with Crippen LogP contribution in [0.1, 0.15) is 24.6 Å². The molecule has 0 aromatic carbocycles. The monoisotopic (exact) mass is 211 g/mol. The number of methoxy groups -OCH3 is 1. The molecule has 0 saturated heterocycles. The summed E-state index contributed by atoms with van der Waals surface area (Å²) in [5, 5.41) is 7.72. The van der Waals surface area contributed by atoms with Gasteiger partial charge in [0.1, 0.15) is 0 Å². The van der Waals surface area contributed by atoms with E-state index in [1.165, 1.54) is 12.0 Å². The maximum atomic E-state index is 5.33. The van der Waals surface area contributed by atoms with Crippen molar-refractivity contribution in [3.05, 3.63) is 11.3 Å². The Bertz CT molecular complexity index is 307. The van der Waals surface area contributed by atoms with Crippen molar-refractivity contribution in [2.24, 2.45) is 7.05 Å². The zero-order chi connectivity index (χ0) is 11.3. The first-order valence-corrected chi connectivity index (χ1v) is 5.47. The number of ether oxygens (including phenoxy) is 1. The average molecular weight is 211 g/mol. The number of rotatable bonds is 6. The van der Waals surface area contributed by atoms with E-state index < -0.39 is 0 Å². The van der Waals surface area contributed by atoms with Gasteiger partial charge in [0.2, 0.25) is 5.88 Å². The Morgan fingerprint density at radius 1 is 1.40 bits per heavy atom. The minimum Gasteiger partial charge on any atom is -0.481 e. The maximum absolute atomic E-state index is 5.33. The molecule has 1 aromatic heterocycles. The molecule has 0 atom stereocenters. The first-order chi connectivity index (χ1) is 7.20. The van der Waals surface area contributed by atoms with E-state index in [1.54, 1.807) is 11.8 Å². The molecule has 4 nitrogen and oxygen atoms in total. The Morgan fingerprint density at radius 3 is 2.73 bits per heavy atom. The van der Waals surface area contributed by atoms with Gasteiger partial charge in [0.05, 0.1) is 12.8 Å². The van der Waals surface area contributed by atoms with Crippen molar-refractivity contribution in [1.82, 2.24) is 15.1 Å². The molecule has 1 rings (SSSR count). The van der Waals surface area contributed by atoms with Crippen LogP contribution in [0.5, 0.6) is 5.88 Å². The first-order valence-electron chi connectivity index (χ1n) is 5.47. The predicted molar refractivity (Wildman–Crippen MR) is 61.4 cm³/mol. The molecule has 1 aromatic rings. The molecule has 0 aliphatic carbocycles. The number of hydrogen-bond acceptors (Lipinski definition) is 3. The zero-order valence-electron chi connectivity index (χ0n) is 10.1. The van der Waals surface area contributed by atoms with Crippen LogP contribution in [-0.2, 0) is 13.5 Å². The lowest BCUT2D eigenvalue weighted by Crippen LogP contribution is -2.18. The van der Waals surface area contributed by atoms with E-state index >= 15 is 0 Å². The highest BCUT2D eigenvalue weighted by molar-refractivity contribution is 5.31. The van der Waals surface area contributed by atoms with Crippen molar-refractivity contribution in [2.75, 3.05) is 20.2 Å². The summed E-state index contributed by atoms with van der Waals surface area (Å²) >= 11 is 0. The topological polar surface area (TPSA) is 39.1 Å². The summed E-state index contributed by atoms with van der Waals surface area (Å²) in [6.45, 7) is 6.25. The fraction of sp³-hybridized carbons (Fsp3) is 0.727. The van der Waals surface area contributed by atoms with Crippen molar-refractivity contribution >= 4 is 0 Å². The summed E-state index contributed by atoms with van der Waals surface area (Å²) in [7, 11) is 3.61. The second-order valence-electron chi connectivity index (χ2n) is 3.70. The summed E-state index contributed by atoms with van der Waals surface area (Å²) in [5.41, 5.74) is 2.27. The van der Waals surface area contributed by atoms with Crippen LogP contribution >= 0.6 is 0 Å². The SMILES string of the molecule is CCCNCCc1c(C)nn(C)c1OC. The molecule has 1 N–H and O–H groups in total. The van der Waals surface area contributed by atoms with Crippen LogP contribution in [0.15, 0.2) is 0 Å². The Kier molecular flexibility index (Phi) is 4.62. The van der Waals surface area contributed by atoms with Crippen LogP contribution in [-0.4, -0.2) is 30.0 Å². The highest BCUT2D eigenvalue weighted by Gasteiger charge is 2.12. The third-order valence-corrected chi connectivity index (χ3v) is 2.46. The van der Waals surface area contributed by atoms with Gasteiger partial charge in [-0.15, -0.1) is 0 Å². The second-order valence-corrected chi connectivity index (χ2v) is 3.70. The Labute approximate surface area is 91.6 Å². The summed E-state index contributed by atoms with van der Waals surface area (Å²) in [4.78, 5) is 0. The van der Waals surface area contributed by atoms with E-state index in [9.17, 15) is 0 Å². The van der Waals surface area contributed by atoms with Gasteiger partial charge in [-0.25, -0.2) is 4.68 Å². The van der Waals surface area contributed by atoms with Crippen molar-refractivity contribution in [2.45, 2.75) is 26.7 Å². The summed E-state index contributed by atoms with van der Waals surface area (Å²) in [5.74, 6) is 0.880. The number of aryl methyl sites for hydroxylation is 2. The third kappa shape index (κ3) is 2.96. The molecule has 0 spiro atoms. The van der Waals surface area contributed by atoms with E-state index in [0.29, 0.717) is 0 Å². The number of nitrogens with one attached hydrogen (secondary N) is 1. The van der Waals surface area contributed by atoms with Gasteiger partial charge in [-0.1, -0.05) is 6.92 Å². The van der Waals surface area contributed by atoms with Crippen LogP contribution in [0.3, 0.4) is 0 Å². The van der Waals surface area contributed by atoms with Gasteiger partial charge in [-0.2, -0.15) is 5.10 Å². The lowest BCUT2D eigenvalue weighted by atomic mass is 10.2. The van der Waals surface area contributed by atoms with Gasteiger partial charge in [-0.3, -0.25) is 0 Å². The normalized spacial score (nSPS) is 10.7. The first kappa shape index (κ1) is 12.0. The molecule has 0 bridgehead atoms. The molecule has 4 heteroatoms. The minimum atomic E-state index is 0.880. The molecule has 0 radical (unpaired) electrons. The lowest BCUT2D eigenvalue weighted by Gasteiger charge is -2.05. The van der Waals surface area contributed by atoms with Gasteiger partial charge in [-0.05, 0) is 32.9 Å². The minimum absolute atomic E-state index is 0.880. The molecule has 0 unspecified atom stereocenters. The van der Waals surface area contributed by atoms with Crippen LogP contribution in [0.2, 0.25) is 0 Å². The molecule has 0 fully saturated rings. The van der Waals surface area contributed by atoms with Crippen molar-refractivity contribution in [3.63, 3.8) is 0 Å². The van der Waals surface area contributed by atoms with Gasteiger partial charge >= 0.3 is 0 Å². The lowest BCUT2D eigenvalue weighted by molar-refractivity contribution is 0.369. The van der Waals surface area contributed by atoms with E-state index in [4.69, 9.17) is 4.74 Å². The van der Waals surface area contributed by atoms with E-state index in [2.05, 4.69) is 17.3 Å². The standard InChI is InChI=1S/C11H21N3O/c1-5-7-12-8-6-10-9(2)13-14(3)11(10)15-4/h12H,5-8H2,1-4H3. The smallest absolute Gasteiger partial charge is 0.214 e. The average Bonchev–Trinajstić information content (AvgIpc) is 2.48.